The molecule has 1 aliphatic rings. The van der Waals surface area contributed by atoms with Crippen molar-refractivity contribution in [2.45, 2.75) is 17.4 Å². The van der Waals surface area contributed by atoms with Gasteiger partial charge in [-0.2, -0.15) is 0 Å². The van der Waals surface area contributed by atoms with Crippen LogP contribution < -0.4 is 9.04 Å². The Bertz CT molecular complexity index is 1290. The molecule has 0 saturated carbocycles. The van der Waals surface area contributed by atoms with Crippen molar-refractivity contribution < 1.29 is 27.1 Å². The number of halogens is 2. The summed E-state index contributed by atoms with van der Waals surface area (Å²) >= 11 is 6.12. The number of hydrogen-bond acceptors (Lipinski definition) is 5. The molecule has 4 rings (SSSR count). The third-order valence-electron chi connectivity index (χ3n) is 5.37. The largest absolute Gasteiger partial charge is 0.496 e. The highest BCUT2D eigenvalue weighted by Gasteiger charge is 2.44. The number of hydrogen-bond donors (Lipinski definition) is 0. The maximum atomic E-state index is 13.6. The number of carbonyl (C=O) groups excluding carboxylic acids is 1. The van der Waals surface area contributed by atoms with E-state index in [1.807, 2.05) is 0 Å². The molecule has 0 spiro atoms. The van der Waals surface area contributed by atoms with Crippen LogP contribution in [0.1, 0.15) is 5.56 Å². The molecule has 0 aromatic heterocycles. The molecule has 1 aliphatic heterocycles. The fourth-order valence-electron chi connectivity index (χ4n) is 3.86. The molecule has 166 valence electrons. The average Bonchev–Trinajstić information content (AvgIpc) is 3.19. The fraction of sp³-hybridized carbons (Fsp3) is 0.174. The number of nitrogens with zero attached hydrogens (tertiary/aromatic N) is 1. The topological polar surface area (TPSA) is 72.9 Å². The highest BCUT2D eigenvalue weighted by atomic mass is 35.5. The van der Waals surface area contributed by atoms with Gasteiger partial charge in [0.25, 0.3) is 10.0 Å². The lowest BCUT2D eigenvalue weighted by Gasteiger charge is -2.25. The van der Waals surface area contributed by atoms with Crippen LogP contribution in [0.4, 0.5) is 10.1 Å². The number of ether oxygens (including phenoxy) is 2. The lowest BCUT2D eigenvalue weighted by Crippen LogP contribution is -2.43. The summed E-state index contributed by atoms with van der Waals surface area (Å²) in [7, 11) is -1.41. The smallest absolute Gasteiger partial charge is 0.330 e. The molecule has 1 unspecified atom stereocenters. The Morgan fingerprint density at radius 3 is 2.44 bits per heavy atom. The molecule has 1 atom stereocenters. The molecule has 32 heavy (non-hydrogen) atoms. The standard InChI is InChI=1S/C23H19ClFNO5S/c1-30-22-5-3-4-20-18(22)13-21(23(27)31-2)26(20)32(28,29)16-9-6-14(7-10-16)17-11-8-15(25)12-19(17)24/h3-12,21H,13H2,1-2H3. The van der Waals surface area contributed by atoms with Gasteiger partial charge in [0.1, 0.15) is 17.6 Å². The predicted molar refractivity (Wildman–Crippen MR) is 119 cm³/mol. The van der Waals surface area contributed by atoms with Crippen LogP contribution >= 0.6 is 11.6 Å². The van der Waals surface area contributed by atoms with E-state index in [-0.39, 0.29) is 16.3 Å². The number of rotatable bonds is 5. The minimum Gasteiger partial charge on any atom is -0.496 e. The van der Waals surface area contributed by atoms with Gasteiger partial charge in [0, 0.05) is 17.5 Å². The zero-order valence-electron chi connectivity index (χ0n) is 17.2. The second-order valence-corrected chi connectivity index (χ2v) is 9.37. The number of methoxy groups -OCH3 is 2. The van der Waals surface area contributed by atoms with Crippen molar-refractivity contribution in [1.29, 1.82) is 0 Å². The third-order valence-corrected chi connectivity index (χ3v) is 7.52. The molecule has 0 fully saturated rings. The zero-order valence-corrected chi connectivity index (χ0v) is 18.8. The van der Waals surface area contributed by atoms with E-state index in [9.17, 15) is 17.6 Å². The molecule has 0 amide bonds. The van der Waals surface area contributed by atoms with E-state index in [1.165, 1.54) is 44.6 Å². The highest BCUT2D eigenvalue weighted by Crippen LogP contribution is 2.42. The quantitative estimate of drug-likeness (QED) is 0.510. The first-order valence-electron chi connectivity index (χ1n) is 9.61. The van der Waals surface area contributed by atoms with Crippen LogP contribution in [0.25, 0.3) is 11.1 Å². The highest BCUT2D eigenvalue weighted by molar-refractivity contribution is 7.93. The lowest BCUT2D eigenvalue weighted by molar-refractivity contribution is -0.141. The Hall–Kier alpha value is -3.10. The minimum absolute atomic E-state index is 0.0101. The van der Waals surface area contributed by atoms with Crippen LogP contribution in [0.2, 0.25) is 5.02 Å². The second-order valence-electron chi connectivity index (χ2n) is 7.15. The Morgan fingerprint density at radius 2 is 1.81 bits per heavy atom. The molecular weight excluding hydrogens is 457 g/mol. The fourth-order valence-corrected chi connectivity index (χ4v) is 5.77. The summed E-state index contributed by atoms with van der Waals surface area (Å²) in [6.45, 7) is 0. The van der Waals surface area contributed by atoms with Gasteiger partial charge >= 0.3 is 5.97 Å². The maximum absolute atomic E-state index is 13.6. The average molecular weight is 476 g/mol. The van der Waals surface area contributed by atoms with Gasteiger partial charge in [-0.1, -0.05) is 29.8 Å². The van der Waals surface area contributed by atoms with Gasteiger partial charge < -0.3 is 9.47 Å². The minimum atomic E-state index is -4.11. The van der Waals surface area contributed by atoms with Crippen LogP contribution in [-0.4, -0.2) is 34.6 Å². The van der Waals surface area contributed by atoms with E-state index in [2.05, 4.69) is 0 Å². The molecule has 0 bridgehead atoms. The predicted octanol–water partition coefficient (Wildman–Crippen LogP) is 4.45. The van der Waals surface area contributed by atoms with Gasteiger partial charge in [0.2, 0.25) is 0 Å². The SMILES string of the molecule is COC(=O)C1Cc2c(OC)cccc2N1S(=O)(=O)c1ccc(-c2ccc(F)cc2Cl)cc1. The summed E-state index contributed by atoms with van der Waals surface area (Å²) in [6.07, 6.45) is 0.133. The first-order valence-corrected chi connectivity index (χ1v) is 11.4. The van der Waals surface area contributed by atoms with Gasteiger partial charge in [-0.15, -0.1) is 0 Å². The van der Waals surface area contributed by atoms with Gasteiger partial charge in [0.15, 0.2) is 0 Å². The molecule has 9 heteroatoms. The summed E-state index contributed by atoms with van der Waals surface area (Å²) in [6, 6.07) is 14.0. The van der Waals surface area contributed by atoms with E-state index in [0.717, 1.165) is 4.31 Å². The van der Waals surface area contributed by atoms with Crippen LogP contribution in [-0.2, 0) is 26.0 Å². The van der Waals surface area contributed by atoms with Crippen molar-refractivity contribution in [2.75, 3.05) is 18.5 Å². The van der Waals surface area contributed by atoms with Crippen LogP contribution in [0.3, 0.4) is 0 Å². The normalized spacial score (nSPS) is 15.4. The summed E-state index contributed by atoms with van der Waals surface area (Å²) in [5.41, 5.74) is 2.18. The van der Waals surface area contributed by atoms with E-state index < -0.39 is 27.9 Å². The molecule has 3 aromatic carbocycles. The number of esters is 1. The van der Waals surface area contributed by atoms with Gasteiger partial charge in [-0.3, -0.25) is 4.31 Å². The molecule has 0 aliphatic carbocycles. The third kappa shape index (κ3) is 3.69. The van der Waals surface area contributed by atoms with Crippen molar-refractivity contribution >= 4 is 33.3 Å². The summed E-state index contributed by atoms with van der Waals surface area (Å²) in [4.78, 5) is 12.5. The zero-order chi connectivity index (χ0) is 23.0. The van der Waals surface area contributed by atoms with Crippen molar-refractivity contribution in [1.82, 2.24) is 0 Å². The van der Waals surface area contributed by atoms with Crippen LogP contribution in [0.15, 0.2) is 65.6 Å². The van der Waals surface area contributed by atoms with Crippen molar-refractivity contribution in [2.24, 2.45) is 0 Å². The summed E-state index contributed by atoms with van der Waals surface area (Å²) < 4.78 is 51.8. The Balaban J connectivity index is 1.77. The Morgan fingerprint density at radius 1 is 1.09 bits per heavy atom. The van der Waals surface area contributed by atoms with E-state index >= 15 is 0 Å². The second kappa shape index (κ2) is 8.44. The van der Waals surface area contributed by atoms with E-state index in [4.69, 9.17) is 21.1 Å². The molecule has 0 N–H and O–H groups in total. The Labute approximate surface area is 190 Å². The number of fused-ring (bicyclic) bond motifs is 1. The van der Waals surface area contributed by atoms with Gasteiger partial charge in [0.05, 0.1) is 29.8 Å². The summed E-state index contributed by atoms with van der Waals surface area (Å²) in [5.74, 6) is -0.633. The first-order chi connectivity index (χ1) is 15.3. The van der Waals surface area contributed by atoms with Crippen molar-refractivity contribution in [3.05, 3.63) is 77.1 Å². The number of anilines is 1. The number of carbonyl (C=O) groups is 1. The van der Waals surface area contributed by atoms with Crippen LogP contribution in [0.5, 0.6) is 5.75 Å². The number of benzene rings is 3. The van der Waals surface area contributed by atoms with Crippen molar-refractivity contribution in [3.63, 3.8) is 0 Å². The van der Waals surface area contributed by atoms with Crippen molar-refractivity contribution in [3.8, 4) is 16.9 Å². The molecular formula is C23H19ClFNO5S. The van der Waals surface area contributed by atoms with Gasteiger partial charge in [-0.25, -0.2) is 17.6 Å². The van der Waals surface area contributed by atoms with Gasteiger partial charge in [-0.05, 0) is 48.0 Å². The molecule has 6 nitrogen and oxygen atoms in total. The maximum Gasteiger partial charge on any atom is 0.330 e. The lowest BCUT2D eigenvalue weighted by atomic mass is 10.1. The molecule has 0 saturated heterocycles. The monoisotopic (exact) mass is 475 g/mol. The Kier molecular flexibility index (Phi) is 5.83. The first kappa shape index (κ1) is 22.1. The summed E-state index contributed by atoms with van der Waals surface area (Å²) in [5, 5.41) is 0.215. The molecule has 3 aromatic rings. The van der Waals surface area contributed by atoms with E-state index in [1.54, 1.807) is 30.3 Å². The number of sulfonamides is 1. The molecule has 0 radical (unpaired) electrons. The van der Waals surface area contributed by atoms with E-state index in [0.29, 0.717) is 28.1 Å². The van der Waals surface area contributed by atoms with Crippen LogP contribution in [0, 0.1) is 5.82 Å². The molecule has 1 heterocycles.